The molecule has 2 saturated heterocycles. The Morgan fingerprint density at radius 3 is 2.81 bits per heavy atom. The van der Waals surface area contributed by atoms with E-state index in [1.54, 1.807) is 4.90 Å². The number of carbonyl (C=O) groups is 2. The summed E-state index contributed by atoms with van der Waals surface area (Å²) >= 11 is 0. The molecular weight excluding hydrogens is 337 g/mol. The maximum absolute atomic E-state index is 13.0. The number of nitrogens with zero attached hydrogens (tertiary/aromatic N) is 2. The normalized spacial score (nSPS) is 28.3. The number of carbonyl (C=O) groups excluding carboxylic acids is 2. The Kier molecular flexibility index (Phi) is 4.89. The number of nitrogens with one attached hydrogen (secondary N) is 1. The summed E-state index contributed by atoms with van der Waals surface area (Å²) in [5.41, 5.74) is 0.529. The Morgan fingerprint density at radius 1 is 1.27 bits per heavy atom. The lowest BCUT2D eigenvalue weighted by Gasteiger charge is -2.40. The van der Waals surface area contributed by atoms with E-state index in [9.17, 15) is 14.0 Å². The van der Waals surface area contributed by atoms with Crippen LogP contribution >= 0.6 is 0 Å². The van der Waals surface area contributed by atoms with Gasteiger partial charge in [0.15, 0.2) is 0 Å². The first-order chi connectivity index (χ1) is 12.6. The van der Waals surface area contributed by atoms with Gasteiger partial charge in [0.25, 0.3) is 0 Å². The Bertz CT molecular complexity index is 677. The molecule has 3 heterocycles. The van der Waals surface area contributed by atoms with Crippen molar-refractivity contribution in [3.8, 4) is 0 Å². The standard InChI is InChI=1S/C19H24FN3O3/c20-12-4-5-14(21-9-12)8-18(24)23-10-16(15-6-7-26-17(15)11-23)19(25)22-13-2-1-3-13/h4-5,9,13,15-17H,1-3,6-8,10-11H2,(H,22,25)/t15-,16+,17+/m0/s1. The molecule has 0 aromatic carbocycles. The lowest BCUT2D eigenvalue weighted by Crippen LogP contribution is -2.56. The molecule has 140 valence electrons. The van der Waals surface area contributed by atoms with Crippen LogP contribution in [0.4, 0.5) is 4.39 Å². The second kappa shape index (κ2) is 7.31. The van der Waals surface area contributed by atoms with Crippen LogP contribution in [-0.4, -0.2) is 53.5 Å². The fraction of sp³-hybridized carbons (Fsp3) is 0.632. The highest BCUT2D eigenvalue weighted by molar-refractivity contribution is 5.83. The SMILES string of the molecule is O=C(NC1CCC1)[C@@H]1CN(C(=O)Cc2ccc(F)cn2)C[C@H]2OCC[C@H]21. The summed E-state index contributed by atoms with van der Waals surface area (Å²) in [5.74, 6) is -0.508. The van der Waals surface area contributed by atoms with Crippen molar-refractivity contribution < 1.29 is 18.7 Å². The van der Waals surface area contributed by atoms with E-state index in [0.29, 0.717) is 25.4 Å². The van der Waals surface area contributed by atoms with Crippen molar-refractivity contribution in [2.45, 2.75) is 44.2 Å². The minimum atomic E-state index is -0.422. The number of pyridine rings is 1. The number of aromatic nitrogens is 1. The van der Waals surface area contributed by atoms with Gasteiger partial charge in [-0.15, -0.1) is 0 Å². The Labute approximate surface area is 152 Å². The molecule has 2 amide bonds. The predicted octanol–water partition coefficient (Wildman–Crippen LogP) is 1.30. The molecule has 1 saturated carbocycles. The van der Waals surface area contributed by atoms with E-state index in [1.165, 1.54) is 18.6 Å². The highest BCUT2D eigenvalue weighted by atomic mass is 19.1. The topological polar surface area (TPSA) is 71.5 Å². The highest BCUT2D eigenvalue weighted by Gasteiger charge is 2.45. The van der Waals surface area contributed by atoms with Gasteiger partial charge in [-0.3, -0.25) is 14.6 Å². The van der Waals surface area contributed by atoms with Crippen molar-refractivity contribution in [2.24, 2.45) is 11.8 Å². The van der Waals surface area contributed by atoms with E-state index in [2.05, 4.69) is 10.3 Å². The molecule has 7 heteroatoms. The van der Waals surface area contributed by atoms with Crippen LogP contribution in [0.15, 0.2) is 18.3 Å². The second-order valence-electron chi connectivity index (χ2n) is 7.55. The number of piperidine rings is 1. The molecule has 0 bridgehead atoms. The molecule has 3 aliphatic rings. The van der Waals surface area contributed by atoms with Gasteiger partial charge in [0, 0.05) is 37.4 Å². The molecule has 4 rings (SSSR count). The van der Waals surface area contributed by atoms with Crippen LogP contribution in [0.1, 0.15) is 31.4 Å². The molecule has 2 aliphatic heterocycles. The number of rotatable bonds is 4. The average molecular weight is 361 g/mol. The molecule has 0 unspecified atom stereocenters. The molecule has 3 fully saturated rings. The van der Waals surface area contributed by atoms with Gasteiger partial charge in [-0.25, -0.2) is 4.39 Å². The Hall–Kier alpha value is -2.02. The van der Waals surface area contributed by atoms with E-state index in [4.69, 9.17) is 4.74 Å². The molecule has 0 radical (unpaired) electrons. The monoisotopic (exact) mass is 361 g/mol. The van der Waals surface area contributed by atoms with Crippen LogP contribution in [0.25, 0.3) is 0 Å². The number of ether oxygens (including phenoxy) is 1. The number of hydrogen-bond donors (Lipinski definition) is 1. The highest BCUT2D eigenvalue weighted by Crippen LogP contribution is 2.34. The van der Waals surface area contributed by atoms with Gasteiger partial charge in [-0.2, -0.15) is 0 Å². The van der Waals surface area contributed by atoms with Crippen LogP contribution in [0.3, 0.4) is 0 Å². The summed E-state index contributed by atoms with van der Waals surface area (Å²) in [4.78, 5) is 31.1. The fourth-order valence-corrected chi connectivity index (χ4v) is 4.10. The molecule has 26 heavy (non-hydrogen) atoms. The van der Waals surface area contributed by atoms with Crippen molar-refractivity contribution in [2.75, 3.05) is 19.7 Å². The molecule has 1 N–H and O–H groups in total. The van der Waals surface area contributed by atoms with E-state index in [1.807, 2.05) is 0 Å². The quantitative estimate of drug-likeness (QED) is 0.877. The first-order valence-electron chi connectivity index (χ1n) is 9.40. The zero-order chi connectivity index (χ0) is 18.1. The van der Waals surface area contributed by atoms with E-state index in [-0.39, 0.29) is 42.2 Å². The molecular formula is C19H24FN3O3. The minimum absolute atomic E-state index is 0.0487. The molecule has 6 nitrogen and oxygen atoms in total. The first kappa shape index (κ1) is 17.4. The molecule has 3 atom stereocenters. The number of halogens is 1. The van der Waals surface area contributed by atoms with Crippen LogP contribution < -0.4 is 5.32 Å². The third-order valence-corrected chi connectivity index (χ3v) is 5.86. The number of fused-ring (bicyclic) bond motifs is 1. The maximum Gasteiger partial charge on any atom is 0.228 e. The number of amides is 2. The van der Waals surface area contributed by atoms with E-state index < -0.39 is 5.82 Å². The molecule has 1 aliphatic carbocycles. The molecule has 0 spiro atoms. The Morgan fingerprint density at radius 2 is 2.12 bits per heavy atom. The summed E-state index contributed by atoms with van der Waals surface area (Å²) in [5, 5.41) is 3.13. The molecule has 1 aromatic heterocycles. The lowest BCUT2D eigenvalue weighted by atomic mass is 9.81. The summed E-state index contributed by atoms with van der Waals surface area (Å²) < 4.78 is 18.8. The third-order valence-electron chi connectivity index (χ3n) is 5.86. The van der Waals surface area contributed by atoms with Gasteiger partial charge in [0.2, 0.25) is 11.8 Å². The smallest absolute Gasteiger partial charge is 0.228 e. The number of hydrogen-bond acceptors (Lipinski definition) is 4. The van der Waals surface area contributed by atoms with Crippen LogP contribution in [0.5, 0.6) is 0 Å². The first-order valence-corrected chi connectivity index (χ1v) is 9.40. The van der Waals surface area contributed by atoms with Crippen LogP contribution in [-0.2, 0) is 20.7 Å². The zero-order valence-corrected chi connectivity index (χ0v) is 14.7. The van der Waals surface area contributed by atoms with Gasteiger partial charge < -0.3 is 15.0 Å². The number of likely N-dealkylation sites (tertiary alicyclic amines) is 1. The fourth-order valence-electron chi connectivity index (χ4n) is 4.10. The van der Waals surface area contributed by atoms with Gasteiger partial charge >= 0.3 is 0 Å². The van der Waals surface area contributed by atoms with Gasteiger partial charge in [-0.1, -0.05) is 0 Å². The van der Waals surface area contributed by atoms with E-state index in [0.717, 1.165) is 25.5 Å². The summed E-state index contributed by atoms with van der Waals surface area (Å²) in [6, 6.07) is 3.11. The average Bonchev–Trinajstić information content (AvgIpc) is 3.07. The van der Waals surface area contributed by atoms with E-state index >= 15 is 0 Å². The van der Waals surface area contributed by atoms with Gasteiger partial charge in [-0.05, 0) is 37.8 Å². The van der Waals surface area contributed by atoms with Crippen molar-refractivity contribution in [1.82, 2.24) is 15.2 Å². The van der Waals surface area contributed by atoms with Crippen molar-refractivity contribution >= 4 is 11.8 Å². The summed E-state index contributed by atoms with van der Waals surface area (Å²) in [6.45, 7) is 1.57. The van der Waals surface area contributed by atoms with Crippen molar-refractivity contribution in [1.29, 1.82) is 0 Å². The van der Waals surface area contributed by atoms with Crippen molar-refractivity contribution in [3.05, 3.63) is 29.8 Å². The Balaban J connectivity index is 1.43. The summed E-state index contributed by atoms with van der Waals surface area (Å²) in [7, 11) is 0. The van der Waals surface area contributed by atoms with Gasteiger partial charge in [0.1, 0.15) is 5.82 Å². The lowest BCUT2D eigenvalue weighted by molar-refractivity contribution is -0.141. The third kappa shape index (κ3) is 3.58. The van der Waals surface area contributed by atoms with Crippen LogP contribution in [0, 0.1) is 17.7 Å². The second-order valence-corrected chi connectivity index (χ2v) is 7.55. The molecule has 1 aromatic rings. The maximum atomic E-state index is 13.0. The predicted molar refractivity (Wildman–Crippen MR) is 91.6 cm³/mol. The summed E-state index contributed by atoms with van der Waals surface area (Å²) in [6.07, 6.45) is 5.27. The zero-order valence-electron chi connectivity index (χ0n) is 14.7. The minimum Gasteiger partial charge on any atom is -0.376 e. The van der Waals surface area contributed by atoms with Crippen molar-refractivity contribution in [3.63, 3.8) is 0 Å². The van der Waals surface area contributed by atoms with Crippen LogP contribution in [0.2, 0.25) is 0 Å². The van der Waals surface area contributed by atoms with Gasteiger partial charge in [0.05, 0.1) is 24.6 Å². The largest absolute Gasteiger partial charge is 0.376 e.